The van der Waals surface area contributed by atoms with Gasteiger partial charge in [-0.25, -0.2) is 14.8 Å². The Morgan fingerprint density at radius 2 is 1.66 bits per heavy atom. The minimum atomic E-state index is -3.19. The molecule has 5 rings (SSSR count). The zero-order valence-electron chi connectivity index (χ0n) is 26.2. The Bertz CT molecular complexity index is 1650. The number of carboxylic acids is 1. The number of hydrogen-bond donors (Lipinski definition) is 2. The minimum absolute atomic E-state index is 0.0422. The molecule has 3 atom stereocenters. The number of carboxylic acid groups (broad SMARTS) is 1. The number of alkyl halides is 2. The summed E-state index contributed by atoms with van der Waals surface area (Å²) in [5, 5.41) is 12.5. The van der Waals surface area contributed by atoms with Gasteiger partial charge in [-0.1, -0.05) is 104 Å². The van der Waals surface area contributed by atoms with E-state index in [1.807, 2.05) is 36.4 Å². The van der Waals surface area contributed by atoms with Gasteiger partial charge in [-0.05, 0) is 60.8 Å². The van der Waals surface area contributed by atoms with Crippen LogP contribution in [0, 0.1) is 5.92 Å². The summed E-state index contributed by atoms with van der Waals surface area (Å²) in [5.41, 5.74) is 3.38. The number of benzene rings is 3. The molecule has 0 bridgehead atoms. The number of aliphatic carboxylic acids is 1. The largest absolute Gasteiger partial charge is 0.480 e. The zero-order chi connectivity index (χ0) is 33.2. The number of nitrogens with zero attached hydrogens (tertiary/aromatic N) is 2. The molecule has 2 N–H and O–H groups in total. The number of thioether (sulfide) groups is 1. The second-order valence-electron chi connectivity index (χ2n) is 12.0. The molecular weight excluding hydrogens is 616 g/mol. The molecule has 1 aliphatic carbocycles. The Labute approximate surface area is 278 Å². The van der Waals surface area contributed by atoms with Crippen LogP contribution in [0.3, 0.4) is 0 Å². The molecule has 0 spiro atoms. The van der Waals surface area contributed by atoms with E-state index in [-0.39, 0.29) is 22.8 Å². The van der Waals surface area contributed by atoms with Crippen LogP contribution in [-0.2, 0) is 22.9 Å². The van der Waals surface area contributed by atoms with Crippen molar-refractivity contribution in [3.05, 3.63) is 132 Å². The molecule has 6 nitrogen and oxygen atoms in total. The number of halogens is 2. The van der Waals surface area contributed by atoms with Crippen LogP contribution in [0.1, 0.15) is 70.9 Å². The van der Waals surface area contributed by atoms with E-state index < -0.39 is 23.8 Å². The predicted octanol–water partition coefficient (Wildman–Crippen LogP) is 8.44. The van der Waals surface area contributed by atoms with E-state index in [9.17, 15) is 23.5 Å². The van der Waals surface area contributed by atoms with Gasteiger partial charge in [0.15, 0.2) is 5.82 Å². The van der Waals surface area contributed by atoms with Gasteiger partial charge in [0.05, 0.1) is 0 Å². The third-order valence-electron chi connectivity index (χ3n) is 8.65. The molecule has 3 aromatic carbocycles. The topological polar surface area (TPSA) is 92.2 Å². The van der Waals surface area contributed by atoms with E-state index >= 15 is 0 Å². The molecule has 244 valence electrons. The van der Waals surface area contributed by atoms with Crippen LogP contribution in [0.2, 0.25) is 0 Å². The monoisotopic (exact) mass is 655 g/mol. The quantitative estimate of drug-likeness (QED) is 0.111. The van der Waals surface area contributed by atoms with Gasteiger partial charge in [0.1, 0.15) is 11.7 Å². The molecule has 1 aromatic heterocycles. The Balaban J connectivity index is 1.36. The van der Waals surface area contributed by atoms with Gasteiger partial charge in [0.25, 0.3) is 11.8 Å². The third-order valence-corrected chi connectivity index (χ3v) is 9.76. The van der Waals surface area contributed by atoms with E-state index in [1.165, 1.54) is 41.6 Å². The average Bonchev–Trinajstić information content (AvgIpc) is 3.34. The van der Waals surface area contributed by atoms with Gasteiger partial charge in [-0.2, -0.15) is 20.5 Å². The van der Waals surface area contributed by atoms with Crippen molar-refractivity contribution >= 4 is 23.6 Å². The molecule has 1 aliphatic rings. The van der Waals surface area contributed by atoms with Gasteiger partial charge in [0, 0.05) is 28.3 Å². The van der Waals surface area contributed by atoms with Gasteiger partial charge in [-0.15, -0.1) is 0 Å². The maximum absolute atomic E-state index is 14.2. The zero-order valence-corrected chi connectivity index (χ0v) is 27.0. The van der Waals surface area contributed by atoms with Gasteiger partial charge in [0.2, 0.25) is 0 Å². The maximum Gasteiger partial charge on any atom is 0.327 e. The van der Waals surface area contributed by atoms with Crippen LogP contribution in [0.15, 0.2) is 104 Å². The lowest BCUT2D eigenvalue weighted by Crippen LogP contribution is -2.43. The second kappa shape index (κ2) is 16.0. The van der Waals surface area contributed by atoms with Crippen LogP contribution in [-0.4, -0.2) is 38.7 Å². The summed E-state index contributed by atoms with van der Waals surface area (Å²) in [7, 11) is 0. The first-order valence-electron chi connectivity index (χ1n) is 15.9. The lowest BCUT2D eigenvalue weighted by molar-refractivity contribution is -0.138. The highest BCUT2D eigenvalue weighted by atomic mass is 32.2. The molecule has 2 unspecified atom stereocenters. The molecule has 0 aliphatic heterocycles. The Kier molecular flexibility index (Phi) is 11.5. The maximum atomic E-state index is 14.2. The number of aromatic nitrogens is 2. The van der Waals surface area contributed by atoms with Crippen molar-refractivity contribution in [3.8, 4) is 11.4 Å². The van der Waals surface area contributed by atoms with Crippen molar-refractivity contribution in [2.45, 2.75) is 62.2 Å². The summed E-state index contributed by atoms with van der Waals surface area (Å²) in [6, 6.07) is 26.4. The van der Waals surface area contributed by atoms with E-state index in [0.29, 0.717) is 41.3 Å². The van der Waals surface area contributed by atoms with Gasteiger partial charge < -0.3 is 10.4 Å². The van der Waals surface area contributed by atoms with Crippen LogP contribution in [0.4, 0.5) is 8.78 Å². The van der Waals surface area contributed by atoms with Crippen molar-refractivity contribution in [1.82, 2.24) is 15.3 Å². The summed E-state index contributed by atoms with van der Waals surface area (Å²) in [6.07, 6.45) is 6.49. The number of amides is 1. The molecule has 1 fully saturated rings. The summed E-state index contributed by atoms with van der Waals surface area (Å²) in [6.45, 7) is 3.22. The molecular formula is C38H39F2N3O3S. The summed E-state index contributed by atoms with van der Waals surface area (Å²) in [5.74, 6) is -3.10. The first-order chi connectivity index (χ1) is 22.7. The molecule has 4 aromatic rings. The summed E-state index contributed by atoms with van der Waals surface area (Å²) in [4.78, 5) is 34.9. The number of allylic oxidation sites excluding steroid dienone is 1. The number of carbonyl (C=O) groups excluding carboxylic acids is 1. The van der Waals surface area contributed by atoms with Crippen molar-refractivity contribution in [1.29, 1.82) is 0 Å². The van der Waals surface area contributed by atoms with Crippen molar-refractivity contribution < 1.29 is 23.5 Å². The molecule has 1 saturated carbocycles. The fraction of sp³-hybridized carbons (Fsp3) is 0.316. The van der Waals surface area contributed by atoms with E-state index in [1.54, 1.807) is 6.07 Å². The number of rotatable bonds is 13. The smallest absolute Gasteiger partial charge is 0.327 e. The predicted molar refractivity (Wildman–Crippen MR) is 183 cm³/mol. The first-order valence-corrected chi connectivity index (χ1v) is 17.1. The Morgan fingerprint density at radius 3 is 2.34 bits per heavy atom. The Hall–Kier alpha value is -4.37. The van der Waals surface area contributed by atoms with Crippen LogP contribution < -0.4 is 5.32 Å². The van der Waals surface area contributed by atoms with Crippen molar-refractivity contribution in [2.75, 3.05) is 5.75 Å². The lowest BCUT2D eigenvalue weighted by atomic mass is 9.90. The second-order valence-corrected chi connectivity index (χ2v) is 13.1. The normalized spacial score (nSPS) is 17.3. The molecule has 0 radical (unpaired) electrons. The molecule has 9 heteroatoms. The highest BCUT2D eigenvalue weighted by Gasteiger charge is 2.28. The van der Waals surface area contributed by atoms with Gasteiger partial charge >= 0.3 is 5.97 Å². The highest BCUT2D eigenvalue weighted by Crippen LogP contribution is 2.36. The highest BCUT2D eigenvalue weighted by molar-refractivity contribution is 7.98. The lowest BCUT2D eigenvalue weighted by Gasteiger charge is -2.17. The molecule has 1 heterocycles. The summed E-state index contributed by atoms with van der Waals surface area (Å²) < 4.78 is 28.4. The summed E-state index contributed by atoms with van der Waals surface area (Å²) >= 11 is 1.42. The van der Waals surface area contributed by atoms with Crippen LogP contribution >= 0.6 is 11.8 Å². The van der Waals surface area contributed by atoms with Crippen LogP contribution in [0.25, 0.3) is 11.4 Å². The average molecular weight is 656 g/mol. The first kappa shape index (κ1) is 34.0. The number of carbonyl (C=O) groups is 2. The SMILES string of the molecule is C=CC(F)(F)c1ccc(-c2nc(CC3CCCC(c4ccccc4)CC3)cc(C(=O)N[C@@H](CSCc3ccccc3)C(=O)O)n2)cc1. The number of nitrogens with one attached hydrogen (secondary N) is 1. The molecule has 1 amide bonds. The van der Waals surface area contributed by atoms with E-state index in [4.69, 9.17) is 4.98 Å². The van der Waals surface area contributed by atoms with Crippen molar-refractivity contribution in [3.63, 3.8) is 0 Å². The van der Waals surface area contributed by atoms with Crippen molar-refractivity contribution in [2.24, 2.45) is 5.92 Å². The molecule has 0 saturated heterocycles. The Morgan fingerprint density at radius 1 is 0.957 bits per heavy atom. The number of hydrogen-bond acceptors (Lipinski definition) is 5. The minimum Gasteiger partial charge on any atom is -0.480 e. The van der Waals surface area contributed by atoms with Crippen LogP contribution in [0.5, 0.6) is 0 Å². The fourth-order valence-corrected chi connectivity index (χ4v) is 7.03. The van der Waals surface area contributed by atoms with E-state index in [2.05, 4.69) is 41.1 Å². The van der Waals surface area contributed by atoms with E-state index in [0.717, 1.165) is 37.7 Å². The molecule has 47 heavy (non-hydrogen) atoms. The fourth-order valence-electron chi connectivity index (χ4n) is 6.02. The third kappa shape index (κ3) is 9.35. The van der Waals surface area contributed by atoms with Gasteiger partial charge in [-0.3, -0.25) is 4.79 Å². The standard InChI is InChI=1S/C38H39F2N3O3S/c1-2-38(39,40)31-20-18-30(19-21-31)35-41-32(22-26-12-9-15-29(17-16-26)28-13-7-4-8-14-28)23-33(42-35)36(44)43-34(37(45)46)25-47-24-27-10-5-3-6-11-27/h2-8,10-11,13-14,18-21,23,26,29,34H,1,9,12,15-17,22,24-25H2,(H,43,44)(H,45,46)/t26?,29?,34-/m0/s1.